The predicted molar refractivity (Wildman–Crippen MR) is 213 cm³/mol. The Kier molecular flexibility index (Phi) is 38.3. The molecule has 0 fully saturated rings. The minimum absolute atomic E-state index is 0.0448. The molecular formula is C44H81NO5. The molecule has 0 rings (SSSR count). The Balaban J connectivity index is 3.58. The number of allylic oxidation sites excluding steroid dienone is 5. The number of aliphatic hydroxyl groups excluding tert-OH is 2. The summed E-state index contributed by atoms with van der Waals surface area (Å²) in [7, 11) is 0. The van der Waals surface area contributed by atoms with Gasteiger partial charge in [0.25, 0.3) is 0 Å². The fourth-order valence-corrected chi connectivity index (χ4v) is 6.03. The van der Waals surface area contributed by atoms with Crippen LogP contribution in [0.25, 0.3) is 0 Å². The summed E-state index contributed by atoms with van der Waals surface area (Å²) >= 11 is 0. The quantitative estimate of drug-likeness (QED) is 0.0338. The number of hydrogen-bond acceptors (Lipinski definition) is 5. The highest BCUT2D eigenvalue weighted by molar-refractivity contribution is 5.76. The van der Waals surface area contributed by atoms with Crippen molar-refractivity contribution in [2.45, 2.75) is 219 Å². The molecule has 6 nitrogen and oxygen atoms in total. The zero-order valence-electron chi connectivity index (χ0n) is 32.9. The maximum absolute atomic E-state index is 12.3. The van der Waals surface area contributed by atoms with E-state index in [4.69, 9.17) is 4.74 Å². The number of ether oxygens (including phenoxy) is 1. The summed E-state index contributed by atoms with van der Waals surface area (Å²) in [5.74, 6) is -0.147. The monoisotopic (exact) mass is 704 g/mol. The highest BCUT2D eigenvalue weighted by Gasteiger charge is 2.17. The van der Waals surface area contributed by atoms with Gasteiger partial charge in [0.15, 0.2) is 0 Å². The Hall–Kier alpha value is -1.92. The molecule has 1 amide bonds. The molecule has 2 atom stereocenters. The molecule has 3 N–H and O–H groups in total. The lowest BCUT2D eigenvalue weighted by Crippen LogP contribution is -2.45. The molecule has 0 aliphatic carbocycles. The van der Waals surface area contributed by atoms with Crippen LogP contribution in [-0.2, 0) is 14.3 Å². The number of nitrogens with one attached hydrogen (secondary N) is 1. The van der Waals surface area contributed by atoms with Gasteiger partial charge in [0.05, 0.1) is 25.4 Å². The van der Waals surface area contributed by atoms with Crippen molar-refractivity contribution < 1.29 is 24.5 Å². The second-order valence-corrected chi connectivity index (χ2v) is 14.3. The molecule has 0 saturated heterocycles. The van der Waals surface area contributed by atoms with Crippen molar-refractivity contribution in [1.29, 1.82) is 0 Å². The summed E-state index contributed by atoms with van der Waals surface area (Å²) in [6.07, 6.45) is 45.5. The van der Waals surface area contributed by atoms with Gasteiger partial charge in [-0.05, 0) is 83.5 Å². The third kappa shape index (κ3) is 35.9. The maximum atomic E-state index is 12.3. The van der Waals surface area contributed by atoms with Crippen LogP contribution in [0.2, 0.25) is 0 Å². The summed E-state index contributed by atoms with van der Waals surface area (Å²) < 4.78 is 5.40. The molecule has 6 heteroatoms. The molecule has 0 spiro atoms. The SMILES string of the molecule is CCCCC/C=C\CCCCCCCC(=O)OCCCC/C=C\CCCCCCCC(=O)NC(CO)C(O)/C=C/CCCCCCCCCC. The molecule has 0 aliphatic rings. The van der Waals surface area contributed by atoms with Gasteiger partial charge < -0.3 is 20.3 Å². The van der Waals surface area contributed by atoms with Crippen molar-refractivity contribution in [3.05, 3.63) is 36.5 Å². The second-order valence-electron chi connectivity index (χ2n) is 14.3. The molecule has 0 bridgehead atoms. The average Bonchev–Trinajstić information content (AvgIpc) is 3.11. The van der Waals surface area contributed by atoms with Crippen molar-refractivity contribution in [2.75, 3.05) is 13.2 Å². The maximum Gasteiger partial charge on any atom is 0.305 e. The van der Waals surface area contributed by atoms with Gasteiger partial charge in [-0.2, -0.15) is 0 Å². The summed E-state index contributed by atoms with van der Waals surface area (Å²) in [5.41, 5.74) is 0. The van der Waals surface area contributed by atoms with E-state index in [-0.39, 0.29) is 18.5 Å². The van der Waals surface area contributed by atoms with E-state index >= 15 is 0 Å². The van der Waals surface area contributed by atoms with Crippen LogP contribution in [0, 0.1) is 0 Å². The molecule has 0 saturated carbocycles. The van der Waals surface area contributed by atoms with Gasteiger partial charge in [0, 0.05) is 12.8 Å². The van der Waals surface area contributed by atoms with E-state index in [0.717, 1.165) is 83.5 Å². The fourth-order valence-electron chi connectivity index (χ4n) is 6.03. The molecular weight excluding hydrogens is 622 g/mol. The number of carbonyl (C=O) groups is 2. The van der Waals surface area contributed by atoms with E-state index in [2.05, 4.69) is 43.5 Å². The topological polar surface area (TPSA) is 95.9 Å². The summed E-state index contributed by atoms with van der Waals surface area (Å²) in [6.45, 7) is 4.75. The minimum atomic E-state index is -0.860. The van der Waals surface area contributed by atoms with Crippen molar-refractivity contribution in [2.24, 2.45) is 0 Å². The molecule has 0 aromatic carbocycles. The van der Waals surface area contributed by atoms with Crippen LogP contribution < -0.4 is 5.32 Å². The number of rotatable bonds is 38. The number of hydrogen-bond donors (Lipinski definition) is 3. The van der Waals surface area contributed by atoms with Crippen molar-refractivity contribution in [1.82, 2.24) is 5.32 Å². The average molecular weight is 704 g/mol. The van der Waals surface area contributed by atoms with Gasteiger partial charge in [-0.1, -0.05) is 147 Å². The van der Waals surface area contributed by atoms with Crippen molar-refractivity contribution in [3.8, 4) is 0 Å². The standard InChI is InChI=1S/C44H81NO5/c1-3-5-7-9-11-13-15-18-22-26-30-34-38-44(49)50-39-35-31-27-23-19-16-17-21-25-29-33-37-43(48)45-41(40-46)42(47)36-32-28-24-20-14-12-10-8-6-4-2/h11,13,19,23,32,36,41-42,46-47H,3-10,12,14-18,20-22,24-31,33-35,37-40H2,1-2H3,(H,45,48)/b13-11-,23-19-,36-32+. The first-order valence-electron chi connectivity index (χ1n) is 21.3. The Labute approximate surface area is 309 Å². The zero-order valence-corrected chi connectivity index (χ0v) is 32.9. The molecule has 0 heterocycles. The molecule has 292 valence electrons. The molecule has 0 aromatic rings. The molecule has 50 heavy (non-hydrogen) atoms. The van der Waals surface area contributed by atoms with Gasteiger partial charge in [-0.3, -0.25) is 9.59 Å². The lowest BCUT2D eigenvalue weighted by Gasteiger charge is -2.20. The first kappa shape index (κ1) is 48.1. The van der Waals surface area contributed by atoms with Crippen LogP contribution >= 0.6 is 0 Å². The van der Waals surface area contributed by atoms with Crippen molar-refractivity contribution in [3.63, 3.8) is 0 Å². The number of amides is 1. The highest BCUT2D eigenvalue weighted by atomic mass is 16.5. The smallest absolute Gasteiger partial charge is 0.305 e. The number of carbonyl (C=O) groups excluding carboxylic acids is 2. The Morgan fingerprint density at radius 2 is 0.940 bits per heavy atom. The van der Waals surface area contributed by atoms with Crippen LogP contribution in [0.15, 0.2) is 36.5 Å². The van der Waals surface area contributed by atoms with Crippen LogP contribution in [0.3, 0.4) is 0 Å². The van der Waals surface area contributed by atoms with E-state index in [9.17, 15) is 19.8 Å². The van der Waals surface area contributed by atoms with E-state index in [1.807, 2.05) is 6.08 Å². The van der Waals surface area contributed by atoms with Crippen LogP contribution in [0.4, 0.5) is 0 Å². The van der Waals surface area contributed by atoms with E-state index < -0.39 is 12.1 Å². The summed E-state index contributed by atoms with van der Waals surface area (Å²) in [5, 5.41) is 22.8. The van der Waals surface area contributed by atoms with Crippen molar-refractivity contribution >= 4 is 11.9 Å². The fraction of sp³-hybridized carbons (Fsp3) is 0.818. The van der Waals surface area contributed by atoms with Gasteiger partial charge in [-0.15, -0.1) is 0 Å². The minimum Gasteiger partial charge on any atom is -0.466 e. The molecule has 2 unspecified atom stereocenters. The molecule has 0 aromatic heterocycles. The van der Waals surface area contributed by atoms with Crippen LogP contribution in [0.1, 0.15) is 206 Å². The van der Waals surface area contributed by atoms with Gasteiger partial charge in [-0.25, -0.2) is 0 Å². The third-order valence-electron chi connectivity index (χ3n) is 9.38. The summed E-state index contributed by atoms with van der Waals surface area (Å²) in [4.78, 5) is 24.3. The van der Waals surface area contributed by atoms with E-state index in [1.54, 1.807) is 6.08 Å². The van der Waals surface area contributed by atoms with Gasteiger partial charge in [0.1, 0.15) is 0 Å². The van der Waals surface area contributed by atoms with Gasteiger partial charge in [0.2, 0.25) is 5.91 Å². The van der Waals surface area contributed by atoms with Crippen LogP contribution in [-0.4, -0.2) is 47.4 Å². The van der Waals surface area contributed by atoms with Crippen LogP contribution in [0.5, 0.6) is 0 Å². The van der Waals surface area contributed by atoms with Gasteiger partial charge >= 0.3 is 5.97 Å². The van der Waals surface area contributed by atoms with E-state index in [1.165, 1.54) is 96.3 Å². The lowest BCUT2D eigenvalue weighted by atomic mass is 10.1. The first-order chi connectivity index (χ1) is 24.5. The Morgan fingerprint density at radius 3 is 1.46 bits per heavy atom. The van der Waals surface area contributed by atoms with E-state index in [0.29, 0.717) is 19.4 Å². The number of aliphatic hydroxyl groups is 2. The highest BCUT2D eigenvalue weighted by Crippen LogP contribution is 2.12. The lowest BCUT2D eigenvalue weighted by molar-refractivity contribution is -0.143. The molecule has 0 radical (unpaired) electrons. The first-order valence-corrected chi connectivity index (χ1v) is 21.3. The summed E-state index contributed by atoms with van der Waals surface area (Å²) in [6, 6.07) is -0.647. The zero-order chi connectivity index (χ0) is 36.6. The molecule has 0 aliphatic heterocycles. The third-order valence-corrected chi connectivity index (χ3v) is 9.38. The normalized spacial score (nSPS) is 13.1. The Bertz CT molecular complexity index is 823. The largest absolute Gasteiger partial charge is 0.466 e. The Morgan fingerprint density at radius 1 is 0.540 bits per heavy atom. The second kappa shape index (κ2) is 39.9. The number of esters is 1. The predicted octanol–water partition coefficient (Wildman–Crippen LogP) is 11.8. The number of unbranched alkanes of at least 4 members (excludes halogenated alkanes) is 23.